The predicted octanol–water partition coefficient (Wildman–Crippen LogP) is -0.535. The van der Waals surface area contributed by atoms with Crippen molar-refractivity contribution < 1.29 is 19.7 Å². The summed E-state index contributed by atoms with van der Waals surface area (Å²) in [5, 5.41) is 18.5. The minimum atomic E-state index is -1.71. The van der Waals surface area contributed by atoms with Crippen LogP contribution >= 0.6 is 0 Å². The molecule has 0 spiro atoms. The molecule has 0 radical (unpaired) electrons. The van der Waals surface area contributed by atoms with Gasteiger partial charge in [0.25, 0.3) is 6.16 Å². The molecule has 0 heterocycles. The molecule has 0 fully saturated rings. The summed E-state index contributed by atoms with van der Waals surface area (Å²) in [5.74, 6) is -1.60. The van der Waals surface area contributed by atoms with Crippen molar-refractivity contribution in [2.45, 2.75) is 26.1 Å². The third-order valence-corrected chi connectivity index (χ3v) is 0.959. The Morgan fingerprint density at radius 1 is 1.89 bits per heavy atom. The van der Waals surface area contributed by atoms with E-state index in [1.54, 1.807) is 6.92 Å². The van der Waals surface area contributed by atoms with Crippen LogP contribution in [0.4, 0.5) is 4.79 Å². The van der Waals surface area contributed by atoms with E-state index < -0.39 is 11.9 Å². The van der Waals surface area contributed by atoms with Crippen molar-refractivity contribution in [1.82, 2.24) is 0 Å². The van der Waals surface area contributed by atoms with Crippen molar-refractivity contribution in [3.8, 4) is 0 Å². The number of rotatable bonds is 2. The third-order valence-electron chi connectivity index (χ3n) is 0.959. The van der Waals surface area contributed by atoms with Gasteiger partial charge in [0.15, 0.2) is 0 Å². The third kappa shape index (κ3) is 3.78. The van der Waals surface area contributed by atoms with Crippen LogP contribution in [0, 0.1) is 0 Å². The van der Waals surface area contributed by atoms with E-state index in [0.717, 1.165) is 0 Å². The van der Waals surface area contributed by atoms with E-state index in [9.17, 15) is 9.90 Å². The first kappa shape index (κ1) is 8.23. The molecule has 4 heteroatoms. The van der Waals surface area contributed by atoms with Gasteiger partial charge in [-0.3, -0.25) is 0 Å². The molecule has 0 saturated carbocycles. The zero-order valence-electron chi connectivity index (χ0n) is 5.38. The summed E-state index contributed by atoms with van der Waals surface area (Å²) < 4.78 is 3.95. The second kappa shape index (κ2) is 2.68. The van der Waals surface area contributed by atoms with Gasteiger partial charge in [-0.25, -0.2) is 0 Å². The molecule has 0 aromatic rings. The van der Waals surface area contributed by atoms with E-state index in [-0.39, 0.29) is 6.42 Å². The van der Waals surface area contributed by atoms with Crippen LogP contribution in [0.25, 0.3) is 0 Å². The molecule has 0 aliphatic carbocycles. The molecule has 1 atom stereocenters. The molecule has 1 unspecified atom stereocenters. The smallest absolute Gasteiger partial charge is 0.254 e. The zero-order chi connectivity index (χ0) is 7.49. The average molecular weight is 133 g/mol. The van der Waals surface area contributed by atoms with Crippen molar-refractivity contribution >= 4 is 6.16 Å². The molecule has 54 valence electrons. The number of carbonyl (C=O) groups excluding carboxylic acids is 1. The summed E-state index contributed by atoms with van der Waals surface area (Å²) in [6.45, 7) is 2.85. The number of hydrogen-bond acceptors (Lipinski definition) is 4. The Hall–Kier alpha value is -0.770. The van der Waals surface area contributed by atoms with Gasteiger partial charge in [0.1, 0.15) is 5.79 Å². The SMILES string of the molecule is CCC(C)(O)OC(=O)[O-]. The molecular formula is C5H9O4-. The Balaban J connectivity index is 3.71. The maximum atomic E-state index is 9.68. The van der Waals surface area contributed by atoms with Crippen LogP contribution in [0.15, 0.2) is 0 Å². The molecule has 0 aromatic carbocycles. The quantitative estimate of drug-likeness (QED) is 0.406. The molecule has 4 nitrogen and oxygen atoms in total. The highest BCUT2D eigenvalue weighted by molar-refractivity contribution is 5.54. The minimum Gasteiger partial charge on any atom is -0.519 e. The molecule has 9 heavy (non-hydrogen) atoms. The van der Waals surface area contributed by atoms with Crippen molar-refractivity contribution in [2.24, 2.45) is 0 Å². The minimum absolute atomic E-state index is 0.209. The van der Waals surface area contributed by atoms with Crippen LogP contribution in [-0.4, -0.2) is 17.0 Å². The molecular weight excluding hydrogens is 124 g/mol. The van der Waals surface area contributed by atoms with Gasteiger partial charge in [-0.05, 0) is 13.3 Å². The van der Waals surface area contributed by atoms with Gasteiger partial charge in [0, 0.05) is 0 Å². The highest BCUT2D eigenvalue weighted by atomic mass is 16.7. The molecule has 0 rings (SSSR count). The first-order valence-corrected chi connectivity index (χ1v) is 2.60. The van der Waals surface area contributed by atoms with Crippen molar-refractivity contribution in [3.63, 3.8) is 0 Å². The van der Waals surface area contributed by atoms with E-state index in [1.807, 2.05) is 0 Å². The van der Waals surface area contributed by atoms with Gasteiger partial charge in [-0.15, -0.1) is 0 Å². The monoisotopic (exact) mass is 133 g/mol. The summed E-state index contributed by atoms with van der Waals surface area (Å²) in [4.78, 5) is 9.68. The lowest BCUT2D eigenvalue weighted by atomic mass is 10.2. The lowest BCUT2D eigenvalue weighted by molar-refractivity contribution is -0.314. The zero-order valence-corrected chi connectivity index (χ0v) is 5.38. The van der Waals surface area contributed by atoms with E-state index in [0.29, 0.717) is 0 Å². The molecule has 0 bridgehead atoms. The van der Waals surface area contributed by atoms with E-state index in [1.165, 1.54) is 6.92 Å². The van der Waals surface area contributed by atoms with Crippen LogP contribution in [0.3, 0.4) is 0 Å². The fraction of sp³-hybridized carbons (Fsp3) is 0.800. The summed E-state index contributed by atoms with van der Waals surface area (Å²) in [5.41, 5.74) is 0. The summed E-state index contributed by atoms with van der Waals surface area (Å²) in [6, 6.07) is 0. The van der Waals surface area contributed by atoms with Gasteiger partial charge >= 0.3 is 0 Å². The van der Waals surface area contributed by atoms with Crippen LogP contribution in [0.2, 0.25) is 0 Å². The van der Waals surface area contributed by atoms with Crippen LogP contribution in [-0.2, 0) is 4.74 Å². The second-order valence-electron chi connectivity index (χ2n) is 1.88. The molecule has 0 amide bonds. The largest absolute Gasteiger partial charge is 0.519 e. The van der Waals surface area contributed by atoms with E-state index >= 15 is 0 Å². The van der Waals surface area contributed by atoms with Crippen LogP contribution in [0.1, 0.15) is 20.3 Å². The molecule has 0 aliphatic rings. The molecule has 0 saturated heterocycles. The van der Waals surface area contributed by atoms with Crippen LogP contribution in [0.5, 0.6) is 0 Å². The van der Waals surface area contributed by atoms with E-state index in [4.69, 9.17) is 5.11 Å². The Morgan fingerprint density at radius 3 is 2.44 bits per heavy atom. The van der Waals surface area contributed by atoms with Gasteiger partial charge in [0.2, 0.25) is 0 Å². The number of carbonyl (C=O) groups is 1. The van der Waals surface area contributed by atoms with Crippen molar-refractivity contribution in [2.75, 3.05) is 0 Å². The normalized spacial score (nSPS) is 16.3. The van der Waals surface area contributed by atoms with Crippen LogP contribution < -0.4 is 5.11 Å². The molecule has 0 aliphatic heterocycles. The Labute approximate surface area is 53.1 Å². The lowest BCUT2D eigenvalue weighted by Crippen LogP contribution is -2.36. The van der Waals surface area contributed by atoms with Gasteiger partial charge < -0.3 is 19.7 Å². The lowest BCUT2D eigenvalue weighted by Gasteiger charge is -2.26. The summed E-state index contributed by atoms with van der Waals surface area (Å²) in [7, 11) is 0. The Kier molecular flexibility index (Phi) is 2.45. The van der Waals surface area contributed by atoms with Crippen molar-refractivity contribution in [3.05, 3.63) is 0 Å². The first-order valence-electron chi connectivity index (χ1n) is 2.60. The maximum absolute atomic E-state index is 9.68. The predicted molar refractivity (Wildman–Crippen MR) is 27.4 cm³/mol. The molecule has 0 aromatic heterocycles. The standard InChI is InChI=1S/C5H10O4/c1-3-5(2,8)9-4(6)7/h8H,3H2,1-2H3,(H,6,7)/p-1. The number of aliphatic hydroxyl groups is 1. The highest BCUT2D eigenvalue weighted by Gasteiger charge is 2.14. The topological polar surface area (TPSA) is 69.6 Å². The number of ether oxygens (including phenoxy) is 1. The summed E-state index contributed by atoms with van der Waals surface area (Å²) in [6.07, 6.45) is -1.50. The van der Waals surface area contributed by atoms with Crippen molar-refractivity contribution in [1.29, 1.82) is 0 Å². The van der Waals surface area contributed by atoms with Gasteiger partial charge in [0.05, 0.1) is 0 Å². The molecule has 1 N–H and O–H groups in total. The second-order valence-corrected chi connectivity index (χ2v) is 1.88. The Morgan fingerprint density at radius 2 is 2.33 bits per heavy atom. The van der Waals surface area contributed by atoms with Gasteiger partial charge in [-0.1, -0.05) is 6.92 Å². The van der Waals surface area contributed by atoms with E-state index in [2.05, 4.69) is 4.74 Å². The first-order chi connectivity index (χ1) is 3.98. The number of hydrogen-bond donors (Lipinski definition) is 1. The maximum Gasteiger partial charge on any atom is 0.254 e. The summed E-state index contributed by atoms with van der Waals surface area (Å²) >= 11 is 0. The Bertz CT molecular complexity index is 108. The van der Waals surface area contributed by atoms with Gasteiger partial charge in [-0.2, -0.15) is 0 Å². The average Bonchev–Trinajstić information content (AvgIpc) is 1.63. The highest BCUT2D eigenvalue weighted by Crippen LogP contribution is 2.08. The fourth-order valence-corrected chi connectivity index (χ4v) is 0.252. The number of carboxylic acid groups (broad SMARTS) is 1. The fourth-order valence-electron chi connectivity index (χ4n) is 0.252.